The van der Waals surface area contributed by atoms with E-state index >= 15 is 0 Å². The molecule has 0 unspecified atom stereocenters. The Hall–Kier alpha value is -2.61. The lowest BCUT2D eigenvalue weighted by molar-refractivity contribution is -0.137. The molecular formula is C19H11BrF4O3. The van der Waals surface area contributed by atoms with Gasteiger partial charge in [-0.3, -0.25) is 0 Å². The van der Waals surface area contributed by atoms with Gasteiger partial charge in [-0.15, -0.1) is 0 Å². The van der Waals surface area contributed by atoms with Gasteiger partial charge < -0.3 is 9.47 Å². The summed E-state index contributed by atoms with van der Waals surface area (Å²) in [6, 6.07) is 8.16. The average molecular weight is 443 g/mol. The first kappa shape index (κ1) is 19.2. The summed E-state index contributed by atoms with van der Waals surface area (Å²) in [6.45, 7) is 0. The zero-order chi connectivity index (χ0) is 19.8. The van der Waals surface area contributed by atoms with Crippen LogP contribution < -0.4 is 4.74 Å². The summed E-state index contributed by atoms with van der Waals surface area (Å²) in [6.07, 6.45) is -3.02. The van der Waals surface area contributed by atoms with Gasteiger partial charge in [-0.1, -0.05) is 12.1 Å². The highest BCUT2D eigenvalue weighted by Crippen LogP contribution is 2.42. The summed E-state index contributed by atoms with van der Waals surface area (Å²) < 4.78 is 62.0. The lowest BCUT2D eigenvalue weighted by Crippen LogP contribution is -2.04. The van der Waals surface area contributed by atoms with Crippen molar-refractivity contribution in [2.75, 3.05) is 7.11 Å². The molecule has 0 spiro atoms. The summed E-state index contributed by atoms with van der Waals surface area (Å²) in [5, 5.41) is 0. The third-order valence-corrected chi connectivity index (χ3v) is 4.54. The lowest BCUT2D eigenvalue weighted by Gasteiger charge is -2.11. The summed E-state index contributed by atoms with van der Waals surface area (Å²) in [5.41, 5.74) is 0.323. The molecule has 8 heteroatoms. The van der Waals surface area contributed by atoms with E-state index in [0.29, 0.717) is 16.7 Å². The number of rotatable bonds is 3. The van der Waals surface area contributed by atoms with Gasteiger partial charge in [0, 0.05) is 17.2 Å². The van der Waals surface area contributed by atoms with Gasteiger partial charge in [0.25, 0.3) is 0 Å². The number of hydrogen-bond donors (Lipinski definition) is 0. The second-order valence-electron chi connectivity index (χ2n) is 5.55. The Morgan fingerprint density at radius 2 is 1.78 bits per heavy atom. The van der Waals surface area contributed by atoms with Crippen molar-refractivity contribution in [1.82, 2.24) is 0 Å². The molecule has 0 saturated heterocycles. The molecule has 1 aliphatic rings. The van der Waals surface area contributed by atoms with Crippen LogP contribution in [-0.4, -0.2) is 13.1 Å². The van der Waals surface area contributed by atoms with Crippen molar-refractivity contribution in [3.63, 3.8) is 0 Å². The van der Waals surface area contributed by atoms with E-state index in [0.717, 1.165) is 18.2 Å². The number of carbonyl (C=O) groups is 1. The largest absolute Gasteiger partial charge is 0.496 e. The molecule has 0 atom stereocenters. The molecule has 0 saturated carbocycles. The molecule has 0 bridgehead atoms. The summed E-state index contributed by atoms with van der Waals surface area (Å²) in [4.78, 5) is 12.0. The molecule has 3 rings (SSSR count). The van der Waals surface area contributed by atoms with E-state index in [-0.39, 0.29) is 16.0 Å². The number of benzene rings is 2. The molecule has 1 heterocycles. The third kappa shape index (κ3) is 3.90. The number of esters is 1. The van der Waals surface area contributed by atoms with Crippen LogP contribution in [0.15, 0.2) is 52.7 Å². The number of alkyl halides is 3. The average Bonchev–Trinajstić information content (AvgIpc) is 2.88. The van der Waals surface area contributed by atoms with Crippen LogP contribution in [0.5, 0.6) is 5.75 Å². The van der Waals surface area contributed by atoms with E-state index in [1.54, 1.807) is 0 Å². The predicted octanol–water partition coefficient (Wildman–Crippen LogP) is 5.56. The molecule has 2 aromatic carbocycles. The molecule has 1 aliphatic heterocycles. The molecule has 0 radical (unpaired) electrons. The monoisotopic (exact) mass is 442 g/mol. The summed E-state index contributed by atoms with van der Waals surface area (Å²) in [5.74, 6) is -0.907. The van der Waals surface area contributed by atoms with Crippen LogP contribution in [0.4, 0.5) is 17.6 Å². The third-order valence-electron chi connectivity index (χ3n) is 3.82. The van der Waals surface area contributed by atoms with Gasteiger partial charge in [-0.05, 0) is 51.8 Å². The number of allylic oxidation sites excluding steroid dienone is 1. The minimum absolute atomic E-state index is 0.102. The Balaban J connectivity index is 2.05. The van der Waals surface area contributed by atoms with Gasteiger partial charge in [0.2, 0.25) is 0 Å². The van der Waals surface area contributed by atoms with Gasteiger partial charge in [-0.25, -0.2) is 9.18 Å². The van der Waals surface area contributed by atoms with E-state index in [9.17, 15) is 22.4 Å². The Bertz CT molecular complexity index is 960. The number of cyclic esters (lactones) is 1. The van der Waals surface area contributed by atoms with Crippen LogP contribution in [0, 0.1) is 5.82 Å². The molecule has 2 aromatic rings. The maximum Gasteiger partial charge on any atom is 0.416 e. The van der Waals surface area contributed by atoms with E-state index in [4.69, 9.17) is 9.47 Å². The molecule has 0 amide bonds. The number of hydrogen-bond acceptors (Lipinski definition) is 3. The van der Waals surface area contributed by atoms with E-state index in [1.807, 2.05) is 0 Å². The highest BCUT2D eigenvalue weighted by atomic mass is 79.9. The highest BCUT2D eigenvalue weighted by Gasteiger charge is 2.32. The van der Waals surface area contributed by atoms with E-state index < -0.39 is 23.5 Å². The van der Waals surface area contributed by atoms with Gasteiger partial charge in [-0.2, -0.15) is 13.2 Å². The Kier molecular flexibility index (Phi) is 5.10. The van der Waals surface area contributed by atoms with E-state index in [2.05, 4.69) is 15.9 Å². The van der Waals surface area contributed by atoms with Crippen molar-refractivity contribution in [2.24, 2.45) is 0 Å². The SMILES string of the molecule is COc1cc(F)ccc1C1=C(Br)C(=O)O/C1=C\c1ccc(C(F)(F)F)cc1. The number of halogens is 5. The maximum atomic E-state index is 13.5. The first-order chi connectivity index (χ1) is 12.7. The van der Waals surface area contributed by atoms with Crippen molar-refractivity contribution in [2.45, 2.75) is 6.18 Å². The molecule has 0 fully saturated rings. The Morgan fingerprint density at radius 3 is 2.37 bits per heavy atom. The van der Waals surface area contributed by atoms with Crippen LogP contribution in [0.25, 0.3) is 11.6 Å². The number of methoxy groups -OCH3 is 1. The Labute approximate surface area is 160 Å². The minimum atomic E-state index is -4.44. The topological polar surface area (TPSA) is 35.5 Å². The van der Waals surface area contributed by atoms with Crippen molar-refractivity contribution in [1.29, 1.82) is 0 Å². The van der Waals surface area contributed by atoms with Gasteiger partial charge >= 0.3 is 12.1 Å². The van der Waals surface area contributed by atoms with Crippen LogP contribution in [0.1, 0.15) is 16.7 Å². The summed E-state index contributed by atoms with van der Waals surface area (Å²) in [7, 11) is 1.35. The second kappa shape index (κ2) is 7.19. The fraction of sp³-hybridized carbons (Fsp3) is 0.105. The molecule has 0 N–H and O–H groups in total. The minimum Gasteiger partial charge on any atom is -0.496 e. The molecule has 0 aromatic heterocycles. The van der Waals surface area contributed by atoms with Crippen LogP contribution in [-0.2, 0) is 15.7 Å². The smallest absolute Gasteiger partial charge is 0.416 e. The van der Waals surface area contributed by atoms with Crippen LogP contribution in [0.3, 0.4) is 0 Å². The van der Waals surface area contributed by atoms with Gasteiger partial charge in [0.1, 0.15) is 21.8 Å². The fourth-order valence-corrected chi connectivity index (χ4v) is 3.04. The zero-order valence-electron chi connectivity index (χ0n) is 13.7. The van der Waals surface area contributed by atoms with E-state index in [1.165, 1.54) is 37.5 Å². The van der Waals surface area contributed by atoms with Crippen LogP contribution in [0.2, 0.25) is 0 Å². The molecule has 27 heavy (non-hydrogen) atoms. The molecule has 3 nitrogen and oxygen atoms in total. The number of ether oxygens (including phenoxy) is 2. The zero-order valence-corrected chi connectivity index (χ0v) is 15.3. The standard InChI is InChI=1S/C19H11BrF4O3/c1-26-14-9-12(21)6-7-13(14)16-15(27-18(25)17(16)20)8-10-2-4-11(5-3-10)19(22,23)24/h2-9H,1H3/b15-8-. The normalized spacial score (nSPS) is 16.1. The number of carbonyl (C=O) groups excluding carboxylic acids is 1. The molecule has 0 aliphatic carbocycles. The highest BCUT2D eigenvalue weighted by molar-refractivity contribution is 9.12. The quantitative estimate of drug-likeness (QED) is 0.461. The molecule has 140 valence electrons. The Morgan fingerprint density at radius 1 is 1.11 bits per heavy atom. The lowest BCUT2D eigenvalue weighted by atomic mass is 10.0. The van der Waals surface area contributed by atoms with Crippen molar-refractivity contribution < 1.29 is 31.8 Å². The van der Waals surface area contributed by atoms with Crippen molar-refractivity contribution >= 4 is 33.5 Å². The second-order valence-corrected chi connectivity index (χ2v) is 6.34. The molecular weight excluding hydrogens is 432 g/mol. The van der Waals surface area contributed by atoms with Crippen molar-refractivity contribution in [3.8, 4) is 5.75 Å². The first-order valence-electron chi connectivity index (χ1n) is 7.56. The predicted molar refractivity (Wildman–Crippen MR) is 94.3 cm³/mol. The van der Waals surface area contributed by atoms with Crippen LogP contribution >= 0.6 is 15.9 Å². The van der Waals surface area contributed by atoms with Gasteiger partial charge in [0.15, 0.2) is 0 Å². The first-order valence-corrected chi connectivity index (χ1v) is 8.35. The van der Waals surface area contributed by atoms with Crippen molar-refractivity contribution in [3.05, 3.63) is 75.2 Å². The fourth-order valence-electron chi connectivity index (χ4n) is 2.55. The summed E-state index contributed by atoms with van der Waals surface area (Å²) >= 11 is 3.15. The van der Waals surface area contributed by atoms with Gasteiger partial charge in [0.05, 0.1) is 12.7 Å². The maximum absolute atomic E-state index is 13.5.